The lowest BCUT2D eigenvalue weighted by atomic mass is 9.79. The quantitative estimate of drug-likeness (QED) is 0.846. The molecule has 100 valence electrons. The van der Waals surface area contributed by atoms with Gasteiger partial charge in [0.2, 0.25) is 0 Å². The number of aryl methyl sites for hydroxylation is 2. The van der Waals surface area contributed by atoms with Crippen LogP contribution in [0.5, 0.6) is 0 Å². The summed E-state index contributed by atoms with van der Waals surface area (Å²) in [7, 11) is 0. The maximum atomic E-state index is 12.2. The van der Waals surface area contributed by atoms with E-state index < -0.39 is 0 Å². The summed E-state index contributed by atoms with van der Waals surface area (Å²) in [6.07, 6.45) is 3.38. The average molecular weight is 249 g/mol. The Morgan fingerprint density at radius 3 is 2.56 bits per heavy atom. The molecule has 0 bridgehead atoms. The topological polar surface area (TPSA) is 57.8 Å². The van der Waals surface area contributed by atoms with Crippen LogP contribution >= 0.6 is 0 Å². The number of H-pyrrole nitrogens is 1. The summed E-state index contributed by atoms with van der Waals surface area (Å²) in [6.45, 7) is 8.33. The Morgan fingerprint density at radius 1 is 1.28 bits per heavy atom. The Hall–Kier alpha value is -1.32. The molecule has 4 nitrogen and oxygen atoms in total. The molecule has 1 heterocycles. The van der Waals surface area contributed by atoms with Crippen molar-refractivity contribution >= 4 is 5.91 Å². The number of carbonyl (C=O) groups excluding carboxylic acids is 1. The SMILES string of the molecule is Cc1n[nH]c(C)c1C(=O)NC1CCC(C)C(C)C1. The highest BCUT2D eigenvalue weighted by Gasteiger charge is 2.26. The maximum absolute atomic E-state index is 12.2. The van der Waals surface area contributed by atoms with Gasteiger partial charge in [0, 0.05) is 11.7 Å². The zero-order valence-electron chi connectivity index (χ0n) is 11.7. The first-order valence-electron chi connectivity index (χ1n) is 6.81. The van der Waals surface area contributed by atoms with Crippen LogP contribution in [0.25, 0.3) is 0 Å². The van der Waals surface area contributed by atoms with Gasteiger partial charge in [0.1, 0.15) is 0 Å². The van der Waals surface area contributed by atoms with Crippen LogP contribution in [0, 0.1) is 25.7 Å². The van der Waals surface area contributed by atoms with Crippen LogP contribution in [-0.2, 0) is 0 Å². The molecule has 18 heavy (non-hydrogen) atoms. The van der Waals surface area contributed by atoms with Gasteiger partial charge in [-0.05, 0) is 44.9 Å². The Balaban J connectivity index is 2.00. The first-order chi connectivity index (χ1) is 8.49. The second kappa shape index (κ2) is 5.12. The van der Waals surface area contributed by atoms with E-state index in [4.69, 9.17) is 0 Å². The van der Waals surface area contributed by atoms with Crippen molar-refractivity contribution in [3.63, 3.8) is 0 Å². The lowest BCUT2D eigenvalue weighted by molar-refractivity contribution is 0.0909. The molecule has 0 radical (unpaired) electrons. The van der Waals surface area contributed by atoms with Crippen molar-refractivity contribution in [2.24, 2.45) is 11.8 Å². The van der Waals surface area contributed by atoms with E-state index in [1.807, 2.05) is 13.8 Å². The molecule has 1 aromatic rings. The van der Waals surface area contributed by atoms with E-state index in [1.54, 1.807) is 0 Å². The van der Waals surface area contributed by atoms with E-state index in [9.17, 15) is 4.79 Å². The van der Waals surface area contributed by atoms with Crippen molar-refractivity contribution in [1.82, 2.24) is 15.5 Å². The summed E-state index contributed by atoms with van der Waals surface area (Å²) in [5.74, 6) is 1.48. The van der Waals surface area contributed by atoms with Gasteiger partial charge in [-0.2, -0.15) is 5.10 Å². The van der Waals surface area contributed by atoms with Gasteiger partial charge in [0.25, 0.3) is 5.91 Å². The molecule has 1 fully saturated rings. The summed E-state index contributed by atoms with van der Waals surface area (Å²) in [5, 5.41) is 10.1. The second-order valence-electron chi connectivity index (χ2n) is 5.75. The predicted octanol–water partition coefficient (Wildman–Crippen LogP) is 2.58. The number of aromatic nitrogens is 2. The number of carbonyl (C=O) groups is 1. The number of hydrogen-bond acceptors (Lipinski definition) is 2. The van der Waals surface area contributed by atoms with Crippen molar-refractivity contribution in [3.8, 4) is 0 Å². The normalized spacial score (nSPS) is 28.1. The smallest absolute Gasteiger partial charge is 0.255 e. The molecule has 1 saturated carbocycles. The Labute approximate surface area is 109 Å². The molecule has 0 aliphatic heterocycles. The molecule has 1 aliphatic rings. The summed E-state index contributed by atoms with van der Waals surface area (Å²) in [4.78, 5) is 12.2. The second-order valence-corrected chi connectivity index (χ2v) is 5.75. The minimum Gasteiger partial charge on any atom is -0.349 e. The fourth-order valence-corrected chi connectivity index (χ4v) is 2.82. The molecule has 1 aliphatic carbocycles. The number of rotatable bonds is 2. The van der Waals surface area contributed by atoms with E-state index in [0.717, 1.165) is 30.1 Å². The van der Waals surface area contributed by atoms with Gasteiger partial charge in [-0.1, -0.05) is 13.8 Å². The zero-order valence-corrected chi connectivity index (χ0v) is 11.7. The van der Waals surface area contributed by atoms with E-state index in [2.05, 4.69) is 29.4 Å². The Morgan fingerprint density at radius 2 is 2.00 bits per heavy atom. The Bertz CT molecular complexity index is 419. The third-order valence-corrected chi connectivity index (χ3v) is 4.29. The molecule has 3 atom stereocenters. The van der Waals surface area contributed by atoms with Crippen LogP contribution in [0.3, 0.4) is 0 Å². The largest absolute Gasteiger partial charge is 0.349 e. The van der Waals surface area contributed by atoms with Gasteiger partial charge in [-0.3, -0.25) is 9.89 Å². The first kappa shape index (κ1) is 13.1. The third-order valence-electron chi connectivity index (χ3n) is 4.29. The van der Waals surface area contributed by atoms with E-state index in [0.29, 0.717) is 17.5 Å². The fourth-order valence-electron chi connectivity index (χ4n) is 2.82. The van der Waals surface area contributed by atoms with Crippen LogP contribution in [0.1, 0.15) is 54.9 Å². The molecule has 3 unspecified atom stereocenters. The average Bonchev–Trinajstić information content (AvgIpc) is 2.64. The first-order valence-corrected chi connectivity index (χ1v) is 6.81. The number of nitrogens with one attached hydrogen (secondary N) is 2. The van der Waals surface area contributed by atoms with E-state index >= 15 is 0 Å². The monoisotopic (exact) mass is 249 g/mol. The van der Waals surface area contributed by atoms with Crippen LogP contribution in [0.4, 0.5) is 0 Å². The molecular formula is C14H23N3O. The van der Waals surface area contributed by atoms with Gasteiger partial charge in [0.15, 0.2) is 0 Å². The minimum absolute atomic E-state index is 0.0190. The van der Waals surface area contributed by atoms with Gasteiger partial charge >= 0.3 is 0 Å². The summed E-state index contributed by atoms with van der Waals surface area (Å²) in [6, 6.07) is 0.317. The lowest BCUT2D eigenvalue weighted by Crippen LogP contribution is -2.40. The van der Waals surface area contributed by atoms with Crippen molar-refractivity contribution < 1.29 is 4.79 Å². The highest BCUT2D eigenvalue weighted by atomic mass is 16.1. The third kappa shape index (κ3) is 2.57. The highest BCUT2D eigenvalue weighted by Crippen LogP contribution is 2.29. The summed E-state index contributed by atoms with van der Waals surface area (Å²) < 4.78 is 0. The lowest BCUT2D eigenvalue weighted by Gasteiger charge is -2.32. The molecule has 0 saturated heterocycles. The van der Waals surface area contributed by atoms with Gasteiger partial charge in [0.05, 0.1) is 11.3 Å². The molecule has 4 heteroatoms. The molecular weight excluding hydrogens is 226 g/mol. The van der Waals surface area contributed by atoms with Crippen LogP contribution in [0.15, 0.2) is 0 Å². The van der Waals surface area contributed by atoms with Gasteiger partial charge in [-0.25, -0.2) is 0 Å². The van der Waals surface area contributed by atoms with Gasteiger partial charge < -0.3 is 5.32 Å². The van der Waals surface area contributed by atoms with Crippen LogP contribution in [-0.4, -0.2) is 22.1 Å². The number of hydrogen-bond donors (Lipinski definition) is 2. The number of nitrogens with zero attached hydrogens (tertiary/aromatic N) is 1. The minimum atomic E-state index is 0.0190. The van der Waals surface area contributed by atoms with Gasteiger partial charge in [-0.15, -0.1) is 0 Å². The van der Waals surface area contributed by atoms with Crippen molar-refractivity contribution in [1.29, 1.82) is 0 Å². The summed E-state index contributed by atoms with van der Waals surface area (Å²) >= 11 is 0. The summed E-state index contributed by atoms with van der Waals surface area (Å²) in [5.41, 5.74) is 2.34. The van der Waals surface area contributed by atoms with Crippen LogP contribution in [0.2, 0.25) is 0 Å². The number of amides is 1. The molecule has 0 spiro atoms. The number of aromatic amines is 1. The predicted molar refractivity (Wildman–Crippen MR) is 71.5 cm³/mol. The Kier molecular flexibility index (Phi) is 3.73. The zero-order chi connectivity index (χ0) is 13.3. The highest BCUT2D eigenvalue weighted by molar-refractivity contribution is 5.96. The maximum Gasteiger partial charge on any atom is 0.255 e. The molecule has 1 amide bonds. The molecule has 1 aromatic heterocycles. The van der Waals surface area contributed by atoms with E-state index in [1.165, 1.54) is 6.42 Å². The van der Waals surface area contributed by atoms with Crippen molar-refractivity contribution in [2.45, 2.75) is 53.0 Å². The fraction of sp³-hybridized carbons (Fsp3) is 0.714. The van der Waals surface area contributed by atoms with Crippen molar-refractivity contribution in [2.75, 3.05) is 0 Å². The molecule has 2 rings (SSSR count). The molecule has 0 aromatic carbocycles. The van der Waals surface area contributed by atoms with E-state index in [-0.39, 0.29) is 5.91 Å². The standard InChI is InChI=1S/C14H23N3O/c1-8-5-6-12(7-9(8)2)15-14(18)13-10(3)16-17-11(13)4/h8-9,12H,5-7H2,1-4H3,(H,15,18)(H,16,17). The van der Waals surface area contributed by atoms with Crippen LogP contribution < -0.4 is 5.32 Å². The van der Waals surface area contributed by atoms with Crippen molar-refractivity contribution in [3.05, 3.63) is 17.0 Å². The molecule has 2 N–H and O–H groups in total.